The Morgan fingerprint density at radius 1 is 0.483 bits per heavy atom. The zero-order valence-electron chi connectivity index (χ0n) is 34.4. The van der Waals surface area contributed by atoms with Crippen LogP contribution in [0.3, 0.4) is 0 Å². The van der Waals surface area contributed by atoms with Crippen LogP contribution in [0.25, 0.3) is 64.3 Å². The summed E-state index contributed by atoms with van der Waals surface area (Å²) in [6.07, 6.45) is 0. The molecule has 11 rings (SSSR count). The molecule has 0 fully saturated rings. The highest BCUT2D eigenvalue weighted by Gasteiger charge is 2.50. The van der Waals surface area contributed by atoms with Gasteiger partial charge in [0.05, 0.1) is 11.4 Å². The van der Waals surface area contributed by atoms with E-state index in [-0.39, 0.29) is 16.2 Å². The summed E-state index contributed by atoms with van der Waals surface area (Å²) in [6, 6.07) is 59.2. The van der Waals surface area contributed by atoms with Gasteiger partial charge in [-0.15, -0.1) is 11.3 Å². The van der Waals surface area contributed by atoms with Gasteiger partial charge < -0.3 is 4.90 Å². The number of fused-ring (bicyclic) bond motifs is 10. The van der Waals surface area contributed by atoms with Crippen molar-refractivity contribution in [3.63, 3.8) is 0 Å². The largest absolute Gasteiger partial charge is 0.309 e. The van der Waals surface area contributed by atoms with Gasteiger partial charge in [0.25, 0.3) is 0 Å². The van der Waals surface area contributed by atoms with Gasteiger partial charge in [-0.2, -0.15) is 0 Å². The van der Waals surface area contributed by atoms with Gasteiger partial charge in [0.15, 0.2) is 0 Å². The van der Waals surface area contributed by atoms with Gasteiger partial charge in [0.1, 0.15) is 0 Å². The molecule has 0 saturated carbocycles. The van der Waals surface area contributed by atoms with Crippen molar-refractivity contribution >= 4 is 59.3 Å². The topological polar surface area (TPSA) is 3.24 Å². The molecular formula is C56H47NS. The first-order valence-electron chi connectivity index (χ1n) is 20.7. The molecule has 0 radical (unpaired) electrons. The van der Waals surface area contributed by atoms with E-state index in [0.29, 0.717) is 0 Å². The van der Waals surface area contributed by atoms with E-state index in [9.17, 15) is 0 Å². The summed E-state index contributed by atoms with van der Waals surface area (Å²) in [5, 5.41) is 5.14. The highest BCUT2D eigenvalue weighted by atomic mass is 32.1. The maximum absolute atomic E-state index is 2.65. The minimum atomic E-state index is -0.263. The molecule has 2 aliphatic carbocycles. The van der Waals surface area contributed by atoms with Crippen molar-refractivity contribution in [1.82, 2.24) is 0 Å². The maximum Gasteiger partial charge on any atom is 0.0556 e. The van der Waals surface area contributed by atoms with Gasteiger partial charge in [-0.1, -0.05) is 182 Å². The van der Waals surface area contributed by atoms with Gasteiger partial charge in [-0.3, -0.25) is 0 Å². The zero-order chi connectivity index (χ0) is 39.7. The fourth-order valence-corrected chi connectivity index (χ4v) is 12.0. The third-order valence-electron chi connectivity index (χ3n) is 13.3. The summed E-state index contributed by atoms with van der Waals surface area (Å²) in [7, 11) is 0. The number of hydrogen-bond donors (Lipinski definition) is 0. The summed E-state index contributed by atoms with van der Waals surface area (Å²) in [6.45, 7) is 17.1. The molecule has 0 unspecified atom stereocenters. The van der Waals surface area contributed by atoms with Gasteiger partial charge in [0, 0.05) is 42.1 Å². The summed E-state index contributed by atoms with van der Waals surface area (Å²) < 4.78 is 2.67. The Morgan fingerprint density at radius 3 is 1.66 bits per heavy atom. The molecule has 282 valence electrons. The molecule has 0 bridgehead atoms. The van der Waals surface area contributed by atoms with Gasteiger partial charge in [0.2, 0.25) is 0 Å². The van der Waals surface area contributed by atoms with Crippen LogP contribution in [0.5, 0.6) is 0 Å². The smallest absolute Gasteiger partial charge is 0.0556 e. The van der Waals surface area contributed by atoms with E-state index in [0.717, 1.165) is 5.69 Å². The van der Waals surface area contributed by atoms with Crippen LogP contribution in [0, 0.1) is 0 Å². The van der Waals surface area contributed by atoms with E-state index in [1.165, 1.54) is 104 Å². The molecule has 0 saturated heterocycles. The van der Waals surface area contributed by atoms with E-state index < -0.39 is 0 Å². The molecule has 1 nitrogen and oxygen atoms in total. The Hall–Kier alpha value is -5.96. The fraction of sp³-hybridized carbons (Fsp3) is 0.179. The van der Waals surface area contributed by atoms with E-state index in [1.54, 1.807) is 0 Å². The number of nitrogens with zero attached hydrogens (tertiary/aromatic N) is 1. The first-order valence-corrected chi connectivity index (χ1v) is 21.5. The molecule has 0 atom stereocenters. The molecule has 0 aliphatic heterocycles. The quantitative estimate of drug-likeness (QED) is 0.172. The number of hydrogen-bond acceptors (Lipinski definition) is 2. The lowest BCUT2D eigenvalue weighted by atomic mass is 9.70. The second-order valence-corrected chi connectivity index (χ2v) is 19.5. The average Bonchev–Trinajstić information content (AvgIpc) is 3.81. The van der Waals surface area contributed by atoms with E-state index in [2.05, 4.69) is 211 Å². The van der Waals surface area contributed by atoms with Gasteiger partial charge in [-0.25, -0.2) is 0 Å². The third kappa shape index (κ3) is 4.82. The zero-order valence-corrected chi connectivity index (χ0v) is 35.2. The predicted octanol–water partition coefficient (Wildman–Crippen LogP) is 16.3. The van der Waals surface area contributed by atoms with E-state index >= 15 is 0 Å². The number of anilines is 3. The molecule has 2 aliphatic rings. The normalized spacial score (nSPS) is 14.7. The highest BCUT2D eigenvalue weighted by Crippen LogP contribution is 2.66. The molecular weight excluding hydrogens is 719 g/mol. The van der Waals surface area contributed by atoms with E-state index in [4.69, 9.17) is 0 Å². The number of thiophene rings is 1. The van der Waals surface area contributed by atoms with Crippen LogP contribution in [0.2, 0.25) is 0 Å². The van der Waals surface area contributed by atoms with Gasteiger partial charge in [-0.05, 0) is 96.3 Å². The van der Waals surface area contributed by atoms with Crippen LogP contribution < -0.4 is 4.90 Å². The third-order valence-corrected chi connectivity index (χ3v) is 14.5. The maximum atomic E-state index is 2.65. The fourth-order valence-electron chi connectivity index (χ4n) is 10.8. The molecule has 8 aromatic carbocycles. The minimum Gasteiger partial charge on any atom is -0.309 e. The molecule has 1 heterocycles. The summed E-state index contributed by atoms with van der Waals surface area (Å²) >= 11 is 1.90. The standard InChI is InChI=1S/C56H47NS/c1-54(2,3)49-47-41-22-10-13-26-43(41)55(4,5)50(47)52(51-48(49)42-23-11-14-27-44(42)56(51,6)7)57(45-28-16-19-34-18-8-9-20-37(34)45)36-32-30-35(31-33-36)38-24-17-25-40-39-21-12-15-29-46(39)58-53(38)40/h8-33H,1-7H3. The Balaban J connectivity index is 1.26. The highest BCUT2D eigenvalue weighted by molar-refractivity contribution is 7.26. The van der Waals surface area contributed by atoms with Crippen LogP contribution in [0.1, 0.15) is 76.3 Å². The Morgan fingerprint density at radius 2 is 1.00 bits per heavy atom. The molecule has 0 amide bonds. The van der Waals surface area contributed by atoms with Crippen molar-refractivity contribution in [1.29, 1.82) is 0 Å². The summed E-state index contributed by atoms with van der Waals surface area (Å²) in [5.74, 6) is 0. The number of benzene rings is 8. The van der Waals surface area contributed by atoms with Crippen LogP contribution in [-0.4, -0.2) is 0 Å². The Kier molecular flexibility index (Phi) is 7.45. The van der Waals surface area contributed by atoms with Crippen LogP contribution >= 0.6 is 11.3 Å². The van der Waals surface area contributed by atoms with Crippen LogP contribution in [-0.2, 0) is 16.2 Å². The monoisotopic (exact) mass is 765 g/mol. The van der Waals surface area contributed by atoms with Crippen molar-refractivity contribution in [2.45, 2.75) is 64.7 Å². The van der Waals surface area contributed by atoms with Crippen molar-refractivity contribution in [2.24, 2.45) is 0 Å². The SMILES string of the molecule is CC(C)(C)c1c2c(c(N(c3ccc(-c4cccc5c4sc4ccccc45)cc3)c3cccc4ccccc34)c3c1-c1ccccc1C3(C)C)C(C)(C)c1ccccc1-2. The molecule has 0 spiro atoms. The summed E-state index contributed by atoms with van der Waals surface area (Å²) in [4.78, 5) is 2.65. The lowest BCUT2D eigenvalue weighted by Gasteiger charge is -2.39. The predicted molar refractivity (Wildman–Crippen MR) is 251 cm³/mol. The average molecular weight is 766 g/mol. The van der Waals surface area contributed by atoms with Crippen molar-refractivity contribution in [3.05, 3.63) is 186 Å². The lowest BCUT2D eigenvalue weighted by molar-refractivity contribution is 0.587. The molecule has 2 heteroatoms. The Bertz CT molecular complexity index is 3060. The summed E-state index contributed by atoms with van der Waals surface area (Å²) in [5.41, 5.74) is 18.2. The van der Waals surface area contributed by atoms with Crippen LogP contribution in [0.15, 0.2) is 158 Å². The second-order valence-electron chi connectivity index (χ2n) is 18.5. The minimum absolute atomic E-state index is 0.118. The van der Waals surface area contributed by atoms with Crippen molar-refractivity contribution < 1.29 is 0 Å². The molecule has 1 aromatic heterocycles. The molecule has 9 aromatic rings. The molecule has 0 N–H and O–H groups in total. The Labute approximate surface area is 346 Å². The second kappa shape index (κ2) is 12.3. The van der Waals surface area contributed by atoms with Crippen molar-refractivity contribution in [3.8, 4) is 33.4 Å². The van der Waals surface area contributed by atoms with Crippen LogP contribution in [0.4, 0.5) is 17.1 Å². The molecule has 58 heavy (non-hydrogen) atoms. The van der Waals surface area contributed by atoms with Gasteiger partial charge >= 0.3 is 0 Å². The number of rotatable bonds is 4. The first-order chi connectivity index (χ1) is 28.0. The first kappa shape index (κ1) is 35.2. The van der Waals surface area contributed by atoms with Crippen molar-refractivity contribution in [2.75, 3.05) is 4.90 Å². The lowest BCUT2D eigenvalue weighted by Crippen LogP contribution is -2.27. The van der Waals surface area contributed by atoms with E-state index in [1.807, 2.05) is 11.3 Å².